The minimum Gasteiger partial charge on any atom is -0.171 e. The number of halogens is 1. The monoisotopic (exact) mass is 296 g/mol. The summed E-state index contributed by atoms with van der Waals surface area (Å²) in [4.78, 5) is 0. The second-order valence-corrected chi connectivity index (χ2v) is 10.7. The Balaban J connectivity index is 2.90. The average molecular weight is 297 g/mol. The van der Waals surface area contributed by atoms with E-state index in [2.05, 4.69) is 65.0 Å². The van der Waals surface area contributed by atoms with Gasteiger partial charge in [0.15, 0.2) is 8.11 Å². The molecule has 2 heteroatoms. The number of hydrogen-bond donors (Lipinski definition) is 0. The molecule has 0 amide bonds. The van der Waals surface area contributed by atoms with Gasteiger partial charge in [0.25, 0.3) is 0 Å². The minimum absolute atomic E-state index is 0.160. The number of hydrogen-bond acceptors (Lipinski definition) is 0. The van der Waals surface area contributed by atoms with Gasteiger partial charge in [0.05, 0.1) is 0 Å². The topological polar surface area (TPSA) is 0 Å². The van der Waals surface area contributed by atoms with E-state index in [0.717, 1.165) is 0 Å². The first-order valence-corrected chi connectivity index (χ1v) is 10.8. The van der Waals surface area contributed by atoms with E-state index < -0.39 is 8.11 Å². The summed E-state index contributed by atoms with van der Waals surface area (Å²) in [5.74, 6) is 0. The Bertz CT molecular complexity index is 360. The summed E-state index contributed by atoms with van der Waals surface area (Å²) in [5, 5.41) is 0.160. The first-order valence-electron chi connectivity index (χ1n) is 7.61. The van der Waals surface area contributed by atoms with Crippen LogP contribution in [0.4, 0.5) is 0 Å². The molecular weight excluding hydrogens is 268 g/mol. The van der Waals surface area contributed by atoms with E-state index in [1.807, 2.05) is 0 Å². The van der Waals surface area contributed by atoms with Crippen molar-refractivity contribution in [1.29, 1.82) is 0 Å². The number of rotatable bonds is 7. The molecular formula is C17H29ClSi. The van der Waals surface area contributed by atoms with Crippen molar-refractivity contribution in [2.45, 2.75) is 65.0 Å². The van der Waals surface area contributed by atoms with Crippen molar-refractivity contribution >= 4 is 19.2 Å². The van der Waals surface area contributed by atoms with Crippen molar-refractivity contribution in [3.05, 3.63) is 35.9 Å². The van der Waals surface area contributed by atoms with Crippen LogP contribution in [0.25, 0.3) is 0 Å². The Hall–Kier alpha value is -0.273. The molecule has 108 valence electrons. The van der Waals surface area contributed by atoms with Gasteiger partial charge in [0, 0.05) is 0 Å². The summed E-state index contributed by atoms with van der Waals surface area (Å²) >= 11 is 6.97. The van der Waals surface area contributed by atoms with Crippen molar-refractivity contribution in [2.24, 2.45) is 5.41 Å². The van der Waals surface area contributed by atoms with Crippen LogP contribution in [0.1, 0.15) is 59.4 Å². The lowest BCUT2D eigenvalue weighted by atomic mass is 9.82. The van der Waals surface area contributed by atoms with Gasteiger partial charge in [-0.15, -0.1) is 0 Å². The maximum absolute atomic E-state index is 6.97. The molecule has 0 spiro atoms. The first-order chi connectivity index (χ1) is 8.91. The van der Waals surface area contributed by atoms with Gasteiger partial charge in [-0.25, -0.2) is 0 Å². The average Bonchev–Trinajstić information content (AvgIpc) is 2.45. The van der Waals surface area contributed by atoms with Gasteiger partial charge >= 0.3 is 0 Å². The molecule has 0 aliphatic heterocycles. The zero-order chi connectivity index (χ0) is 14.5. The molecule has 1 aromatic rings. The fraction of sp³-hybridized carbons (Fsp3) is 0.647. The van der Waals surface area contributed by atoms with Crippen molar-refractivity contribution in [1.82, 2.24) is 0 Å². The van der Waals surface area contributed by atoms with Gasteiger partial charge in [-0.1, -0.05) is 84.2 Å². The van der Waals surface area contributed by atoms with Crippen LogP contribution in [0.2, 0.25) is 6.04 Å². The highest BCUT2D eigenvalue weighted by atomic mass is 35.6. The molecule has 1 unspecified atom stereocenters. The van der Waals surface area contributed by atoms with E-state index in [1.54, 1.807) is 0 Å². The molecule has 0 aliphatic carbocycles. The molecule has 1 rings (SSSR count). The Morgan fingerprint density at radius 2 is 1.42 bits per heavy atom. The van der Waals surface area contributed by atoms with Gasteiger partial charge in [0.2, 0.25) is 0 Å². The molecule has 0 saturated heterocycles. The van der Waals surface area contributed by atoms with E-state index in [-0.39, 0.29) is 5.04 Å². The van der Waals surface area contributed by atoms with Gasteiger partial charge in [-0.2, -0.15) is 11.1 Å². The third kappa shape index (κ3) is 3.85. The van der Waals surface area contributed by atoms with Gasteiger partial charge in [-0.05, 0) is 22.1 Å². The molecule has 0 heterocycles. The maximum Gasteiger partial charge on any atom is 0.151 e. The molecule has 0 radical (unpaired) electrons. The summed E-state index contributed by atoms with van der Waals surface area (Å²) in [6, 6.07) is 12.0. The second kappa shape index (κ2) is 6.94. The molecule has 0 fully saturated rings. The van der Waals surface area contributed by atoms with Crippen LogP contribution in [0.3, 0.4) is 0 Å². The highest BCUT2D eigenvalue weighted by molar-refractivity contribution is 7.08. The maximum atomic E-state index is 6.97. The predicted molar refractivity (Wildman–Crippen MR) is 90.6 cm³/mol. The van der Waals surface area contributed by atoms with E-state index >= 15 is 0 Å². The quantitative estimate of drug-likeness (QED) is 0.448. The Morgan fingerprint density at radius 3 is 1.84 bits per heavy atom. The Morgan fingerprint density at radius 1 is 0.947 bits per heavy atom. The number of benzene rings is 1. The van der Waals surface area contributed by atoms with Crippen LogP contribution < -0.4 is 0 Å². The molecule has 19 heavy (non-hydrogen) atoms. The van der Waals surface area contributed by atoms with Gasteiger partial charge < -0.3 is 0 Å². The van der Waals surface area contributed by atoms with E-state index in [4.69, 9.17) is 11.1 Å². The fourth-order valence-electron chi connectivity index (χ4n) is 2.87. The largest absolute Gasteiger partial charge is 0.171 e. The molecule has 0 N–H and O–H groups in total. The summed E-state index contributed by atoms with van der Waals surface area (Å²) in [6.45, 7) is 11.6. The highest BCUT2D eigenvalue weighted by Crippen LogP contribution is 2.41. The first kappa shape index (κ1) is 16.8. The summed E-state index contributed by atoms with van der Waals surface area (Å²) in [7, 11) is -1.34. The van der Waals surface area contributed by atoms with Crippen molar-refractivity contribution in [2.75, 3.05) is 0 Å². The van der Waals surface area contributed by atoms with E-state index in [1.165, 1.54) is 30.9 Å². The highest BCUT2D eigenvalue weighted by Gasteiger charge is 2.37. The molecule has 0 nitrogen and oxygen atoms in total. The third-order valence-electron chi connectivity index (χ3n) is 5.16. The zero-order valence-electron chi connectivity index (χ0n) is 13.2. The zero-order valence-corrected chi connectivity index (χ0v) is 15.1. The van der Waals surface area contributed by atoms with Gasteiger partial charge in [-0.3, -0.25) is 0 Å². The molecule has 0 bridgehead atoms. The fourth-order valence-corrected chi connectivity index (χ4v) is 6.92. The van der Waals surface area contributed by atoms with E-state index in [0.29, 0.717) is 5.41 Å². The van der Waals surface area contributed by atoms with E-state index in [9.17, 15) is 0 Å². The predicted octanol–water partition coefficient (Wildman–Crippen LogP) is 5.68. The smallest absolute Gasteiger partial charge is 0.151 e. The Labute approximate surface area is 125 Å². The molecule has 0 aromatic heterocycles. The summed E-state index contributed by atoms with van der Waals surface area (Å²) in [5.41, 5.74) is 1.86. The standard InChI is InChI=1S/C17H29ClSi/c1-6-17(7-2,8-3)14-19(18)16(4,5)15-12-10-9-11-13-15/h9-13,19H,6-8,14H2,1-5H3. The van der Waals surface area contributed by atoms with Crippen molar-refractivity contribution in [3.8, 4) is 0 Å². The lowest BCUT2D eigenvalue weighted by Crippen LogP contribution is -2.38. The molecule has 0 aliphatic rings. The van der Waals surface area contributed by atoms with Crippen LogP contribution in [-0.2, 0) is 5.04 Å². The normalized spacial score (nSPS) is 14.4. The van der Waals surface area contributed by atoms with Crippen LogP contribution in [0, 0.1) is 5.41 Å². The molecule has 0 saturated carbocycles. The minimum atomic E-state index is -1.34. The SMILES string of the molecule is CCC(CC)(CC)C[SiH](Cl)C(C)(C)c1ccccc1. The second-order valence-electron chi connectivity index (χ2n) is 6.32. The van der Waals surface area contributed by atoms with Crippen molar-refractivity contribution < 1.29 is 0 Å². The third-order valence-corrected chi connectivity index (χ3v) is 10.4. The molecule has 1 aromatic carbocycles. The van der Waals surface area contributed by atoms with Crippen LogP contribution in [0.15, 0.2) is 30.3 Å². The Kier molecular flexibility index (Phi) is 6.13. The van der Waals surface area contributed by atoms with Gasteiger partial charge in [0.1, 0.15) is 0 Å². The summed E-state index contributed by atoms with van der Waals surface area (Å²) in [6.07, 6.45) is 3.75. The van der Waals surface area contributed by atoms with Crippen LogP contribution >= 0.6 is 11.1 Å². The summed E-state index contributed by atoms with van der Waals surface area (Å²) < 4.78 is 0. The van der Waals surface area contributed by atoms with Crippen LogP contribution in [-0.4, -0.2) is 8.11 Å². The lowest BCUT2D eigenvalue weighted by molar-refractivity contribution is 0.282. The van der Waals surface area contributed by atoms with Crippen LogP contribution in [0.5, 0.6) is 0 Å². The lowest BCUT2D eigenvalue weighted by Gasteiger charge is -2.38. The van der Waals surface area contributed by atoms with Crippen molar-refractivity contribution in [3.63, 3.8) is 0 Å². The molecule has 1 atom stereocenters.